The Hall–Kier alpha value is -5.96. The molecule has 0 saturated carbocycles. The number of carbonyl (C=O) groups is 4. The molecule has 0 heterocycles. The predicted octanol–water partition coefficient (Wildman–Crippen LogP) is 0.790. The lowest BCUT2D eigenvalue weighted by Crippen LogP contribution is -2.37. The molecule has 59 heavy (non-hydrogen) atoms. The Morgan fingerprint density at radius 1 is 0.644 bits per heavy atom. The van der Waals surface area contributed by atoms with E-state index >= 15 is 0 Å². The number of nitrogens with one attached hydrogen (secondary N) is 2. The highest BCUT2D eigenvalue weighted by Gasteiger charge is 2.15. The zero-order valence-corrected chi connectivity index (χ0v) is 34.3. The quantitative estimate of drug-likeness (QED) is 0.0196. The molecule has 0 atom stereocenters. The molecule has 0 aliphatic carbocycles. The van der Waals surface area contributed by atoms with E-state index in [0.717, 1.165) is 23.1 Å². The number of hydrogen-bond acceptors (Lipinski definition) is 12. The number of rotatable bonds is 29. The van der Waals surface area contributed by atoms with Crippen LogP contribution in [-0.2, 0) is 51.2 Å². The van der Waals surface area contributed by atoms with Crippen molar-refractivity contribution in [3.63, 3.8) is 0 Å². The Morgan fingerprint density at radius 3 is 1.54 bits per heavy atom. The fourth-order valence-corrected chi connectivity index (χ4v) is 4.45. The summed E-state index contributed by atoms with van der Waals surface area (Å²) in [4.78, 5) is 47.0. The number of hydrogen-bond donors (Lipinski definition) is 7. The van der Waals surface area contributed by atoms with Crippen molar-refractivity contribution in [1.29, 1.82) is 0 Å². The van der Waals surface area contributed by atoms with Gasteiger partial charge in [-0.1, -0.05) is 55.5 Å². The van der Waals surface area contributed by atoms with Crippen molar-refractivity contribution >= 4 is 47.5 Å². The largest absolute Gasteiger partial charge is 0.481 e. The first-order valence-electron chi connectivity index (χ1n) is 19.0. The lowest BCUT2D eigenvalue weighted by Gasteiger charge is -2.22. The van der Waals surface area contributed by atoms with Crippen LogP contribution in [0, 0.1) is 0 Å². The second-order valence-electron chi connectivity index (χ2n) is 12.6. The zero-order valence-electron chi connectivity index (χ0n) is 34.3. The number of benzene rings is 2. The van der Waals surface area contributed by atoms with E-state index in [1.54, 1.807) is 26.0 Å². The smallest absolute Gasteiger partial charge is 0.303 e. The molecule has 2 aromatic carbocycles. The number of carbonyl (C=O) groups excluding carboxylic acids is 3. The normalized spacial score (nSPS) is 12.0. The van der Waals surface area contributed by atoms with Crippen molar-refractivity contribution in [3.05, 3.63) is 70.8 Å². The fraction of sp³-hybridized carbons (Fsp3) is 0.487. The second-order valence-corrected chi connectivity index (χ2v) is 12.6. The van der Waals surface area contributed by atoms with Gasteiger partial charge >= 0.3 is 5.97 Å². The highest BCUT2D eigenvalue weighted by atomic mass is 16.5. The number of nitrogens with zero attached hydrogens (tertiary/aromatic N) is 5. The number of carboxylic acid groups (broad SMARTS) is 1. The summed E-state index contributed by atoms with van der Waals surface area (Å²) in [6.45, 7) is 9.73. The predicted molar refractivity (Wildman–Crippen MR) is 225 cm³/mol. The molecule has 20 nitrogen and oxygen atoms in total. The third kappa shape index (κ3) is 26.6. The maximum absolute atomic E-state index is 12.4. The summed E-state index contributed by atoms with van der Waals surface area (Å²) in [5, 5.41) is 29.3. The molecule has 3 amide bonds. The summed E-state index contributed by atoms with van der Waals surface area (Å²) < 4.78 is 21.9. The number of amidine groups is 4. The Labute approximate surface area is 345 Å². The highest BCUT2D eigenvalue weighted by molar-refractivity contribution is 5.98. The molecule has 0 saturated heterocycles. The molecule has 0 aliphatic rings. The maximum Gasteiger partial charge on any atom is 0.303 e. The van der Waals surface area contributed by atoms with Crippen molar-refractivity contribution in [3.8, 4) is 0 Å². The number of aliphatic carboxylic acids is 1. The number of nitrogens with two attached hydrogens (primary N) is 4. The van der Waals surface area contributed by atoms with Crippen LogP contribution in [0.3, 0.4) is 0 Å². The summed E-state index contributed by atoms with van der Waals surface area (Å²) in [5.74, 6) is -0.248. The van der Waals surface area contributed by atoms with Gasteiger partial charge in [0.05, 0.1) is 52.7 Å². The van der Waals surface area contributed by atoms with Gasteiger partial charge in [-0.2, -0.15) is 0 Å². The molecule has 20 heteroatoms. The van der Waals surface area contributed by atoms with E-state index in [4.69, 9.17) is 47.0 Å². The zero-order chi connectivity index (χ0) is 43.7. The highest BCUT2D eigenvalue weighted by Crippen LogP contribution is 2.06. The van der Waals surface area contributed by atoms with Crippen LogP contribution in [0.5, 0.6) is 0 Å². The van der Waals surface area contributed by atoms with Crippen molar-refractivity contribution < 1.29 is 43.2 Å². The van der Waals surface area contributed by atoms with Crippen LogP contribution < -0.4 is 33.6 Å². The van der Waals surface area contributed by atoms with Gasteiger partial charge in [-0.3, -0.25) is 19.2 Å². The van der Waals surface area contributed by atoms with Gasteiger partial charge in [-0.15, -0.1) is 20.4 Å². The monoisotopic (exact) mass is 827 g/mol. The summed E-state index contributed by atoms with van der Waals surface area (Å²) in [6.07, 6.45) is 1.47. The molecule has 0 spiro atoms. The van der Waals surface area contributed by atoms with Crippen molar-refractivity contribution in [1.82, 2.24) is 15.5 Å². The Morgan fingerprint density at radius 2 is 1.10 bits per heavy atom. The molecule has 11 N–H and O–H groups in total. The first kappa shape index (κ1) is 51.1. The molecule has 0 radical (unpaired) electrons. The molecule has 326 valence electrons. The number of amides is 3. The van der Waals surface area contributed by atoms with Crippen molar-refractivity contribution in [2.45, 2.75) is 59.5 Å². The Kier molecular flexibility index (Phi) is 27.7. The maximum atomic E-state index is 12.4. The number of carboxylic acids is 1. The fourth-order valence-electron chi connectivity index (χ4n) is 4.45. The molecule has 0 bridgehead atoms. The molecule has 0 fully saturated rings. The second kappa shape index (κ2) is 32.0. The van der Waals surface area contributed by atoms with Gasteiger partial charge in [0, 0.05) is 56.8 Å². The molecule has 2 rings (SSSR count). The minimum absolute atomic E-state index is 0.0839. The minimum Gasteiger partial charge on any atom is -0.481 e. The van der Waals surface area contributed by atoms with Crippen molar-refractivity contribution in [2.24, 2.45) is 43.3 Å². The lowest BCUT2D eigenvalue weighted by atomic mass is 10.1. The third-order valence-electron chi connectivity index (χ3n) is 7.49. The topological polar surface area (TPSA) is 306 Å². The van der Waals surface area contributed by atoms with Crippen LogP contribution >= 0.6 is 0 Å². The van der Waals surface area contributed by atoms with Gasteiger partial charge in [0.25, 0.3) is 0 Å². The van der Waals surface area contributed by atoms with Gasteiger partial charge in [0.1, 0.15) is 11.7 Å². The van der Waals surface area contributed by atoms with E-state index in [9.17, 15) is 19.2 Å². The van der Waals surface area contributed by atoms with E-state index in [1.807, 2.05) is 43.3 Å². The van der Waals surface area contributed by atoms with Crippen LogP contribution in [0.4, 0.5) is 0 Å². The van der Waals surface area contributed by atoms with Crippen LogP contribution in [0.2, 0.25) is 0 Å². The van der Waals surface area contributed by atoms with Crippen LogP contribution in [-0.4, -0.2) is 123 Å². The van der Waals surface area contributed by atoms with Crippen LogP contribution in [0.1, 0.15) is 68.7 Å². The van der Waals surface area contributed by atoms with E-state index in [1.165, 1.54) is 4.90 Å². The third-order valence-corrected chi connectivity index (χ3v) is 7.49. The van der Waals surface area contributed by atoms with Gasteiger partial charge in [0.2, 0.25) is 18.2 Å². The first-order valence-corrected chi connectivity index (χ1v) is 19.0. The van der Waals surface area contributed by atoms with E-state index in [2.05, 4.69) is 31.0 Å². The summed E-state index contributed by atoms with van der Waals surface area (Å²) in [6, 6.07) is 14.6. The van der Waals surface area contributed by atoms with Gasteiger partial charge in [-0.05, 0) is 31.4 Å². The summed E-state index contributed by atoms with van der Waals surface area (Å²) in [5.41, 5.74) is 25.7. The number of ether oxygens (including phenoxy) is 4. The van der Waals surface area contributed by atoms with E-state index in [0.29, 0.717) is 95.3 Å². The molecular formula is C39H61N11O9. The summed E-state index contributed by atoms with van der Waals surface area (Å²) >= 11 is 0. The Bertz CT molecular complexity index is 1640. The van der Waals surface area contributed by atoms with Crippen molar-refractivity contribution in [2.75, 3.05) is 65.9 Å². The van der Waals surface area contributed by atoms with Gasteiger partial charge in [0.15, 0.2) is 11.7 Å². The molecule has 0 unspecified atom stereocenters. The van der Waals surface area contributed by atoms with Crippen LogP contribution in [0.15, 0.2) is 68.9 Å². The first-order chi connectivity index (χ1) is 28.4. The summed E-state index contributed by atoms with van der Waals surface area (Å²) in [7, 11) is 0. The lowest BCUT2D eigenvalue weighted by molar-refractivity contribution is -0.141. The standard InChI is InChI=1S/C28H46N6O8.C11H15N5O/c1-3-13-39-17-19-41-15-11-34(26(36)8-9-27(37)38)12-16-42-20-18-40-14-10-25(35)31-21-23-4-6-24(7-5-23)28(30)33-32-22(2)29;1-8(12)15-16-11(13)10-4-2-9(3-5-10)6-14-7-17/h4-7H,3,8-21H2,1-2H3,(H2,29,32)(H2,30,33)(H,31,35)(H,37,38);2-5,7H,6H2,1H3,(H2,12,15)(H2,13,16)(H,14,17). The van der Waals surface area contributed by atoms with Crippen LogP contribution in [0.25, 0.3) is 0 Å². The molecular weight excluding hydrogens is 766 g/mol. The average molecular weight is 828 g/mol. The minimum atomic E-state index is -1.02. The van der Waals surface area contributed by atoms with E-state index in [-0.39, 0.29) is 50.1 Å². The molecule has 0 aliphatic heterocycles. The average Bonchev–Trinajstić information content (AvgIpc) is 3.22. The SMILES string of the molecule is C/C(N)=N/N=C(\N)c1ccc(CNC=O)cc1.CCCOCCOCCN(CCOCCOCCC(=O)NCc1ccc(/C(N)=N/N=C(/C)N)cc1)C(=O)CCC(=O)O. The van der Waals surface area contributed by atoms with E-state index < -0.39 is 5.97 Å². The van der Waals surface area contributed by atoms with Gasteiger partial charge < -0.3 is 62.5 Å². The van der Waals surface area contributed by atoms with Gasteiger partial charge in [-0.25, -0.2) is 0 Å². The Balaban J connectivity index is 0.000000848. The molecule has 0 aromatic heterocycles. The molecule has 2 aromatic rings.